The molecular weight excluding hydrogens is 490 g/mol. The van der Waals surface area contributed by atoms with E-state index >= 15 is 0 Å². The third-order valence-corrected chi connectivity index (χ3v) is 7.47. The summed E-state index contributed by atoms with van der Waals surface area (Å²) in [5.41, 5.74) is 2.94. The number of thiol groups is 1. The Morgan fingerprint density at radius 2 is 1.73 bits per heavy atom. The van der Waals surface area contributed by atoms with E-state index in [0.29, 0.717) is 28.3 Å². The van der Waals surface area contributed by atoms with Gasteiger partial charge in [-0.25, -0.2) is 8.78 Å². The number of hydrogen-bond donors (Lipinski definition) is 3. The van der Waals surface area contributed by atoms with Crippen molar-refractivity contribution in [3.63, 3.8) is 0 Å². The van der Waals surface area contributed by atoms with Gasteiger partial charge in [-0.1, -0.05) is 45.0 Å². The summed E-state index contributed by atoms with van der Waals surface area (Å²) in [6.45, 7) is 10.8. The predicted octanol–water partition coefficient (Wildman–Crippen LogP) is 8.29. The van der Waals surface area contributed by atoms with E-state index in [4.69, 9.17) is 10.1 Å². The molecule has 1 unspecified atom stereocenters. The van der Waals surface area contributed by atoms with E-state index in [0.717, 1.165) is 22.9 Å². The average molecular weight is 525 g/mol. The minimum atomic E-state index is -2.96. The van der Waals surface area contributed by atoms with Crippen LogP contribution in [0.1, 0.15) is 73.1 Å². The maximum Gasteiger partial charge on any atom is 0.270 e. The Bertz CT molecular complexity index is 1320. The maximum atomic E-state index is 13.6. The molecule has 0 aliphatic rings. The average Bonchev–Trinajstić information content (AvgIpc) is 2.81. The first kappa shape index (κ1) is 28.4. The van der Waals surface area contributed by atoms with Crippen molar-refractivity contribution in [3.05, 3.63) is 88.5 Å². The molecular formula is C30H34F2N2O2S. The number of benzene rings is 3. The van der Waals surface area contributed by atoms with Crippen LogP contribution in [-0.2, 0) is 12.5 Å². The Balaban J connectivity index is 1.68. The fraction of sp³-hybridized carbons (Fsp3) is 0.333. The summed E-state index contributed by atoms with van der Waals surface area (Å²) < 4.78 is 33.2. The fourth-order valence-corrected chi connectivity index (χ4v) is 4.39. The molecule has 3 aromatic rings. The van der Waals surface area contributed by atoms with Gasteiger partial charge in [0.05, 0.1) is 0 Å². The van der Waals surface area contributed by atoms with Crippen LogP contribution in [0.2, 0.25) is 0 Å². The second kappa shape index (κ2) is 11.1. The lowest BCUT2D eigenvalue weighted by Gasteiger charge is -2.32. The highest BCUT2D eigenvalue weighted by Crippen LogP contribution is 2.40. The van der Waals surface area contributed by atoms with Crippen LogP contribution in [0.5, 0.6) is 11.5 Å². The molecule has 0 aliphatic carbocycles. The molecule has 0 saturated carbocycles. The minimum Gasteiger partial charge on any atom is -0.457 e. The van der Waals surface area contributed by atoms with Crippen LogP contribution in [0.25, 0.3) is 0 Å². The zero-order valence-electron chi connectivity index (χ0n) is 22.1. The van der Waals surface area contributed by atoms with Crippen LogP contribution in [0, 0.1) is 17.7 Å². The van der Waals surface area contributed by atoms with Crippen molar-refractivity contribution in [2.45, 2.75) is 64.8 Å². The molecule has 1 amide bonds. The lowest BCUT2D eigenvalue weighted by Crippen LogP contribution is -2.27. The molecule has 2 N–H and O–H groups in total. The van der Waals surface area contributed by atoms with E-state index < -0.39 is 5.92 Å². The molecule has 0 aliphatic heterocycles. The molecule has 196 valence electrons. The van der Waals surface area contributed by atoms with E-state index in [9.17, 15) is 13.6 Å². The van der Waals surface area contributed by atoms with Gasteiger partial charge in [0.25, 0.3) is 11.8 Å². The monoisotopic (exact) mass is 524 g/mol. The summed E-state index contributed by atoms with van der Waals surface area (Å²) in [5.74, 6) is -1.93. The summed E-state index contributed by atoms with van der Waals surface area (Å²) >= 11 is 4.68. The standard InChI is InChI=1S/C30H34F2N2O2S/c1-18-14-22(30(6,31)32)10-12-25(18)28(35)34-17-21-8-7-9-23(15-21)36-24-11-13-26(27(37)16-24)19(2)29(4,5)20(3)33/h7-16,19,33,37H,17H2,1-6H3,(H,34,35). The van der Waals surface area contributed by atoms with Crippen molar-refractivity contribution in [1.82, 2.24) is 5.32 Å². The zero-order chi connectivity index (χ0) is 27.5. The van der Waals surface area contributed by atoms with E-state index in [1.165, 1.54) is 18.2 Å². The lowest BCUT2D eigenvalue weighted by molar-refractivity contribution is 0.0173. The topological polar surface area (TPSA) is 62.2 Å². The summed E-state index contributed by atoms with van der Waals surface area (Å²) in [6, 6.07) is 17.2. The third kappa shape index (κ3) is 6.77. The van der Waals surface area contributed by atoms with Crippen LogP contribution in [0.3, 0.4) is 0 Å². The van der Waals surface area contributed by atoms with E-state index in [1.807, 2.05) is 49.4 Å². The van der Waals surface area contributed by atoms with Crippen LogP contribution < -0.4 is 10.1 Å². The highest BCUT2D eigenvalue weighted by atomic mass is 32.1. The number of halogens is 2. The highest BCUT2D eigenvalue weighted by molar-refractivity contribution is 7.80. The Labute approximate surface area is 223 Å². The second-order valence-corrected chi connectivity index (χ2v) is 10.6. The summed E-state index contributed by atoms with van der Waals surface area (Å²) in [5, 5.41) is 11.0. The first-order valence-corrected chi connectivity index (χ1v) is 12.6. The van der Waals surface area contributed by atoms with Gasteiger partial charge in [-0.3, -0.25) is 4.79 Å². The minimum absolute atomic E-state index is 0.108. The first-order chi connectivity index (χ1) is 17.2. The normalized spacial score (nSPS) is 12.7. The molecule has 37 heavy (non-hydrogen) atoms. The number of carbonyl (C=O) groups excluding carboxylic acids is 1. The van der Waals surface area contributed by atoms with E-state index in [2.05, 4.69) is 38.7 Å². The Hall–Kier alpha value is -3.19. The van der Waals surface area contributed by atoms with Gasteiger partial charge in [0.15, 0.2) is 0 Å². The number of hydrogen-bond acceptors (Lipinski definition) is 4. The van der Waals surface area contributed by atoms with Crippen molar-refractivity contribution >= 4 is 24.2 Å². The molecule has 0 radical (unpaired) electrons. The molecule has 0 spiro atoms. The van der Waals surface area contributed by atoms with Gasteiger partial charge in [0, 0.05) is 40.6 Å². The Morgan fingerprint density at radius 1 is 1.05 bits per heavy atom. The van der Waals surface area contributed by atoms with Gasteiger partial charge in [-0.2, -0.15) is 0 Å². The van der Waals surface area contributed by atoms with Crippen molar-refractivity contribution in [1.29, 1.82) is 5.41 Å². The molecule has 1 atom stereocenters. The molecule has 0 fully saturated rings. The van der Waals surface area contributed by atoms with Gasteiger partial charge in [-0.05, 0) is 72.9 Å². The number of nitrogens with one attached hydrogen (secondary N) is 2. The van der Waals surface area contributed by atoms with Gasteiger partial charge >= 0.3 is 0 Å². The Kier molecular flexibility index (Phi) is 8.48. The molecule has 7 heteroatoms. The highest BCUT2D eigenvalue weighted by Gasteiger charge is 2.30. The number of amides is 1. The maximum absolute atomic E-state index is 13.6. The zero-order valence-corrected chi connectivity index (χ0v) is 23.0. The van der Waals surface area contributed by atoms with Crippen molar-refractivity contribution in [2.24, 2.45) is 5.41 Å². The molecule has 0 aromatic heterocycles. The quantitative estimate of drug-likeness (QED) is 0.195. The molecule has 0 heterocycles. The molecule has 4 nitrogen and oxygen atoms in total. The van der Waals surface area contributed by atoms with Gasteiger partial charge in [-0.15, -0.1) is 12.6 Å². The smallest absolute Gasteiger partial charge is 0.270 e. The van der Waals surface area contributed by atoms with Gasteiger partial charge in [0.2, 0.25) is 0 Å². The van der Waals surface area contributed by atoms with Crippen molar-refractivity contribution in [3.8, 4) is 11.5 Å². The summed E-state index contributed by atoms with van der Waals surface area (Å²) in [4.78, 5) is 13.5. The predicted molar refractivity (Wildman–Crippen MR) is 148 cm³/mol. The SMILES string of the molecule is CC(=N)C(C)(C)C(C)c1ccc(Oc2cccc(CNC(=O)c3ccc(C(C)(F)F)cc3C)c2)cc1S. The van der Waals surface area contributed by atoms with Gasteiger partial charge in [0.1, 0.15) is 11.5 Å². The Morgan fingerprint density at radius 3 is 2.32 bits per heavy atom. The number of ether oxygens (including phenoxy) is 1. The summed E-state index contributed by atoms with van der Waals surface area (Å²) in [6.07, 6.45) is 0. The number of carbonyl (C=O) groups is 1. The van der Waals surface area contributed by atoms with Crippen LogP contribution in [-0.4, -0.2) is 11.6 Å². The van der Waals surface area contributed by atoms with E-state index in [-0.39, 0.29) is 29.3 Å². The van der Waals surface area contributed by atoms with Crippen molar-refractivity contribution in [2.75, 3.05) is 0 Å². The summed E-state index contributed by atoms with van der Waals surface area (Å²) in [7, 11) is 0. The largest absolute Gasteiger partial charge is 0.457 e. The third-order valence-electron chi connectivity index (χ3n) is 7.08. The van der Waals surface area contributed by atoms with Gasteiger partial charge < -0.3 is 15.5 Å². The fourth-order valence-electron chi connectivity index (χ4n) is 3.99. The molecule has 0 saturated heterocycles. The number of rotatable bonds is 9. The second-order valence-electron chi connectivity index (χ2n) is 10.1. The number of alkyl halides is 2. The molecule has 3 rings (SSSR count). The van der Waals surface area contributed by atoms with Crippen LogP contribution >= 0.6 is 12.6 Å². The first-order valence-electron chi connectivity index (χ1n) is 12.1. The van der Waals surface area contributed by atoms with Crippen molar-refractivity contribution < 1.29 is 18.3 Å². The molecule has 3 aromatic carbocycles. The van der Waals surface area contributed by atoms with E-state index in [1.54, 1.807) is 6.92 Å². The lowest BCUT2D eigenvalue weighted by atomic mass is 9.73. The number of aryl methyl sites for hydroxylation is 1. The molecule has 0 bridgehead atoms. The van der Waals surface area contributed by atoms with Crippen LogP contribution in [0.15, 0.2) is 65.6 Å². The van der Waals surface area contributed by atoms with Crippen LogP contribution in [0.4, 0.5) is 8.78 Å².